The van der Waals surface area contributed by atoms with Crippen LogP contribution in [0.3, 0.4) is 0 Å². The molecule has 0 aromatic heterocycles. The summed E-state index contributed by atoms with van der Waals surface area (Å²) in [6.45, 7) is 2.53. The number of nitrogens with zero attached hydrogens (tertiary/aromatic N) is 2. The van der Waals surface area contributed by atoms with E-state index in [9.17, 15) is 18.0 Å². The fourth-order valence-corrected chi connectivity index (χ4v) is 1.97. The van der Waals surface area contributed by atoms with Crippen LogP contribution in [-0.2, 0) is 4.79 Å². The van der Waals surface area contributed by atoms with Crippen molar-refractivity contribution < 1.29 is 18.0 Å². The van der Waals surface area contributed by atoms with Crippen LogP contribution in [0.15, 0.2) is 0 Å². The molecule has 0 aromatic rings. The maximum absolute atomic E-state index is 12.0. The number of thiocarbonyl (C=S) groups is 1. The number of nitrogens with two attached hydrogens (primary N) is 1. The number of carbonyl (C=O) groups excluding carboxylic acids is 1. The van der Waals surface area contributed by atoms with Crippen molar-refractivity contribution in [3.63, 3.8) is 0 Å². The Balaban J connectivity index is 2.29. The summed E-state index contributed by atoms with van der Waals surface area (Å²) in [6, 6.07) is 0. The SMILES string of the molecule is NC(=S)CN1CCN(C(=O)CCC(F)(F)F)CC1. The molecule has 8 heteroatoms. The van der Waals surface area contributed by atoms with Gasteiger partial charge in [0.2, 0.25) is 5.91 Å². The quantitative estimate of drug-likeness (QED) is 0.774. The van der Waals surface area contributed by atoms with E-state index in [0.717, 1.165) is 0 Å². The zero-order valence-corrected chi connectivity index (χ0v) is 10.7. The Morgan fingerprint density at radius 3 is 2.22 bits per heavy atom. The summed E-state index contributed by atoms with van der Waals surface area (Å²) in [4.78, 5) is 15.4. The molecule has 0 radical (unpaired) electrons. The minimum Gasteiger partial charge on any atom is -0.392 e. The van der Waals surface area contributed by atoms with Gasteiger partial charge < -0.3 is 10.6 Å². The van der Waals surface area contributed by atoms with E-state index in [1.165, 1.54) is 4.90 Å². The third-order valence-electron chi connectivity index (χ3n) is 2.73. The van der Waals surface area contributed by atoms with E-state index in [1.807, 2.05) is 4.90 Å². The first-order valence-electron chi connectivity index (χ1n) is 5.63. The lowest BCUT2D eigenvalue weighted by Crippen LogP contribution is -2.50. The standard InChI is InChI=1S/C10H16F3N3OS/c11-10(12,13)2-1-9(17)16-5-3-15(4-6-16)7-8(14)18/h1-7H2,(H2,14,18). The van der Waals surface area contributed by atoms with Crippen LogP contribution >= 0.6 is 12.2 Å². The average Bonchev–Trinajstić information content (AvgIpc) is 2.25. The number of amides is 1. The van der Waals surface area contributed by atoms with Crippen molar-refractivity contribution in [2.75, 3.05) is 32.7 Å². The number of piperazine rings is 1. The lowest BCUT2D eigenvalue weighted by atomic mass is 10.2. The van der Waals surface area contributed by atoms with Crippen molar-refractivity contribution in [2.45, 2.75) is 19.0 Å². The van der Waals surface area contributed by atoms with E-state index in [2.05, 4.69) is 0 Å². The molecule has 0 aliphatic carbocycles. The highest BCUT2D eigenvalue weighted by Crippen LogP contribution is 2.22. The van der Waals surface area contributed by atoms with E-state index in [0.29, 0.717) is 37.7 Å². The third-order valence-corrected chi connectivity index (χ3v) is 2.86. The van der Waals surface area contributed by atoms with E-state index < -0.39 is 24.9 Å². The van der Waals surface area contributed by atoms with Crippen molar-refractivity contribution >= 4 is 23.1 Å². The number of hydrogen-bond donors (Lipinski definition) is 1. The van der Waals surface area contributed by atoms with Gasteiger partial charge in [-0.05, 0) is 0 Å². The molecule has 1 rings (SSSR count). The second kappa shape index (κ2) is 6.33. The first kappa shape index (κ1) is 15.2. The van der Waals surface area contributed by atoms with Gasteiger partial charge in [0.1, 0.15) is 0 Å². The van der Waals surface area contributed by atoms with Gasteiger partial charge in [0.25, 0.3) is 0 Å². The Labute approximate surface area is 109 Å². The van der Waals surface area contributed by atoms with Gasteiger partial charge in [0, 0.05) is 39.1 Å². The van der Waals surface area contributed by atoms with Gasteiger partial charge in [-0.3, -0.25) is 9.69 Å². The van der Waals surface area contributed by atoms with Crippen molar-refractivity contribution in [1.82, 2.24) is 9.80 Å². The maximum atomic E-state index is 12.0. The Morgan fingerprint density at radius 2 is 1.78 bits per heavy atom. The topological polar surface area (TPSA) is 49.6 Å². The molecular weight excluding hydrogens is 267 g/mol. The fourth-order valence-electron chi connectivity index (χ4n) is 1.78. The minimum absolute atomic E-state index is 0.381. The van der Waals surface area contributed by atoms with Gasteiger partial charge in [-0.2, -0.15) is 13.2 Å². The van der Waals surface area contributed by atoms with E-state index >= 15 is 0 Å². The van der Waals surface area contributed by atoms with Crippen LogP contribution in [0.2, 0.25) is 0 Å². The van der Waals surface area contributed by atoms with Gasteiger partial charge in [-0.1, -0.05) is 12.2 Å². The third kappa shape index (κ3) is 5.63. The first-order valence-corrected chi connectivity index (χ1v) is 6.04. The highest BCUT2D eigenvalue weighted by Gasteiger charge is 2.30. The van der Waals surface area contributed by atoms with Crippen LogP contribution in [-0.4, -0.2) is 59.6 Å². The van der Waals surface area contributed by atoms with Gasteiger partial charge in [0.05, 0.1) is 11.4 Å². The monoisotopic (exact) mass is 283 g/mol. The molecule has 1 amide bonds. The predicted molar refractivity (Wildman–Crippen MR) is 65.1 cm³/mol. The lowest BCUT2D eigenvalue weighted by Gasteiger charge is -2.34. The summed E-state index contributed by atoms with van der Waals surface area (Å²) >= 11 is 4.77. The normalized spacial score (nSPS) is 17.8. The Morgan fingerprint density at radius 1 is 1.22 bits per heavy atom. The van der Waals surface area contributed by atoms with Gasteiger partial charge in [0.15, 0.2) is 0 Å². The molecule has 1 heterocycles. The molecule has 4 nitrogen and oxygen atoms in total. The second-order valence-electron chi connectivity index (χ2n) is 4.24. The average molecular weight is 283 g/mol. The summed E-state index contributed by atoms with van der Waals surface area (Å²) in [5, 5.41) is 0. The summed E-state index contributed by atoms with van der Waals surface area (Å²) in [7, 11) is 0. The molecule has 2 N–H and O–H groups in total. The number of hydrogen-bond acceptors (Lipinski definition) is 3. The van der Waals surface area contributed by atoms with E-state index in [1.54, 1.807) is 0 Å². The van der Waals surface area contributed by atoms with Crippen molar-refractivity contribution in [3.05, 3.63) is 0 Å². The molecule has 1 aliphatic rings. The van der Waals surface area contributed by atoms with Crippen LogP contribution in [0.1, 0.15) is 12.8 Å². The highest BCUT2D eigenvalue weighted by atomic mass is 32.1. The van der Waals surface area contributed by atoms with Gasteiger partial charge in [-0.15, -0.1) is 0 Å². The maximum Gasteiger partial charge on any atom is 0.389 e. The number of halogens is 3. The van der Waals surface area contributed by atoms with Crippen LogP contribution in [0.5, 0.6) is 0 Å². The highest BCUT2D eigenvalue weighted by molar-refractivity contribution is 7.80. The summed E-state index contributed by atoms with van der Waals surface area (Å²) in [6.07, 6.45) is -5.80. The molecule has 0 saturated carbocycles. The minimum atomic E-state index is -4.27. The molecular formula is C10H16F3N3OS. The van der Waals surface area contributed by atoms with Crippen molar-refractivity contribution in [2.24, 2.45) is 5.73 Å². The molecule has 1 saturated heterocycles. The van der Waals surface area contributed by atoms with Crippen LogP contribution in [0, 0.1) is 0 Å². The van der Waals surface area contributed by atoms with Crippen molar-refractivity contribution in [1.29, 1.82) is 0 Å². The molecule has 104 valence electrons. The van der Waals surface area contributed by atoms with Crippen LogP contribution in [0.25, 0.3) is 0 Å². The molecule has 0 aromatic carbocycles. The Kier molecular flexibility index (Phi) is 5.33. The fraction of sp³-hybridized carbons (Fsp3) is 0.800. The zero-order chi connectivity index (χ0) is 13.8. The van der Waals surface area contributed by atoms with Gasteiger partial charge in [-0.25, -0.2) is 0 Å². The van der Waals surface area contributed by atoms with Crippen LogP contribution < -0.4 is 5.73 Å². The molecule has 0 atom stereocenters. The Bertz CT molecular complexity index is 314. The van der Waals surface area contributed by atoms with Crippen LogP contribution in [0.4, 0.5) is 13.2 Å². The van der Waals surface area contributed by atoms with E-state index in [4.69, 9.17) is 18.0 Å². The number of alkyl halides is 3. The Hall–Kier alpha value is -0.890. The molecule has 0 unspecified atom stereocenters. The zero-order valence-electron chi connectivity index (χ0n) is 9.87. The summed E-state index contributed by atoms with van der Waals surface area (Å²) in [5.41, 5.74) is 5.40. The summed E-state index contributed by atoms with van der Waals surface area (Å²) < 4.78 is 35.9. The molecule has 18 heavy (non-hydrogen) atoms. The smallest absolute Gasteiger partial charge is 0.389 e. The molecule has 1 fully saturated rings. The lowest BCUT2D eigenvalue weighted by molar-refractivity contribution is -0.150. The predicted octanol–water partition coefficient (Wildman–Crippen LogP) is 0.759. The van der Waals surface area contributed by atoms with E-state index in [-0.39, 0.29) is 0 Å². The number of rotatable bonds is 4. The largest absolute Gasteiger partial charge is 0.392 e. The molecule has 0 bridgehead atoms. The van der Waals surface area contributed by atoms with Crippen molar-refractivity contribution in [3.8, 4) is 0 Å². The molecule has 1 aliphatic heterocycles. The number of carbonyl (C=O) groups is 1. The second-order valence-corrected chi connectivity index (χ2v) is 4.76. The summed E-state index contributed by atoms with van der Waals surface area (Å²) in [5.74, 6) is -0.442. The first-order chi connectivity index (χ1) is 8.28. The molecule has 0 spiro atoms. The van der Waals surface area contributed by atoms with Gasteiger partial charge >= 0.3 is 6.18 Å².